The van der Waals surface area contributed by atoms with Crippen molar-refractivity contribution in [1.29, 1.82) is 0 Å². The Labute approximate surface area is 369 Å². The summed E-state index contributed by atoms with van der Waals surface area (Å²) in [5.74, 6) is 0.913. The zero-order chi connectivity index (χ0) is 41.0. The molecule has 62 heavy (non-hydrogen) atoms. The molecule has 0 saturated carbocycles. The SMILES string of the molecule is C1=CC(c2sc3c(-c4ccccc4)cc4ccccc4c3c2-c2cccc(-c3cccc(-c4cc(-c5ccccc5)nc(-c5ccccc5)n4)c3)c2)C2Sc3ccccc3C2=C1. The maximum atomic E-state index is 5.17. The molecule has 0 radical (unpaired) electrons. The third-order valence-electron chi connectivity index (χ3n) is 12.2. The smallest absolute Gasteiger partial charge is 0.160 e. The van der Waals surface area contributed by atoms with Gasteiger partial charge >= 0.3 is 0 Å². The Morgan fingerprint density at radius 1 is 0.452 bits per heavy atom. The van der Waals surface area contributed by atoms with Gasteiger partial charge in [-0.1, -0.05) is 188 Å². The van der Waals surface area contributed by atoms with Crippen LogP contribution in [0.15, 0.2) is 223 Å². The average Bonchev–Trinajstić information content (AvgIpc) is 3.95. The Morgan fingerprint density at radius 2 is 1.05 bits per heavy atom. The van der Waals surface area contributed by atoms with Crippen molar-refractivity contribution in [1.82, 2.24) is 9.97 Å². The van der Waals surface area contributed by atoms with Gasteiger partial charge in [-0.2, -0.15) is 0 Å². The number of aromatic nitrogens is 2. The summed E-state index contributed by atoms with van der Waals surface area (Å²) >= 11 is 4.00. The second kappa shape index (κ2) is 15.4. The summed E-state index contributed by atoms with van der Waals surface area (Å²) < 4.78 is 1.34. The van der Waals surface area contributed by atoms with E-state index < -0.39 is 0 Å². The standard InChI is InChI=1S/C58H38N2S2/c1-4-17-37(18-5-1)49-35-42-23-10-11-28-45(42)54-53(56(62-57(49)54)48-31-16-30-47-46-29-12-13-32-52(46)61-55(47)48)44-27-15-25-41(34-44)40-24-14-26-43(33-40)51-36-50(38-19-6-2-7-20-38)59-58(60-51)39-21-8-3-9-22-39/h1-36,48,55H. The Hall–Kier alpha value is -7.11. The quantitative estimate of drug-likeness (QED) is 0.160. The second-order valence-electron chi connectivity index (χ2n) is 16.0. The molecule has 2 aromatic heterocycles. The average molecular weight is 827 g/mol. The summed E-state index contributed by atoms with van der Waals surface area (Å²) in [6.45, 7) is 0. The highest BCUT2D eigenvalue weighted by molar-refractivity contribution is 8.01. The molecule has 2 unspecified atom stereocenters. The molecule has 2 atom stereocenters. The largest absolute Gasteiger partial charge is 0.228 e. The van der Waals surface area contributed by atoms with Crippen molar-refractivity contribution in [3.05, 3.63) is 229 Å². The van der Waals surface area contributed by atoms with Crippen LogP contribution in [0, 0.1) is 0 Å². The van der Waals surface area contributed by atoms with Gasteiger partial charge in [0.25, 0.3) is 0 Å². The van der Waals surface area contributed by atoms with Crippen LogP contribution in [0.5, 0.6) is 0 Å². The van der Waals surface area contributed by atoms with E-state index in [0.717, 1.165) is 33.6 Å². The predicted molar refractivity (Wildman–Crippen MR) is 263 cm³/mol. The summed E-state index contributed by atoms with van der Waals surface area (Å²) in [4.78, 5) is 13.0. The van der Waals surface area contributed by atoms with E-state index in [1.54, 1.807) is 0 Å². The molecule has 0 spiro atoms. The fourth-order valence-corrected chi connectivity index (χ4v) is 12.3. The summed E-state index contributed by atoms with van der Waals surface area (Å²) in [7, 11) is 0. The van der Waals surface area contributed by atoms with Crippen LogP contribution < -0.4 is 0 Å². The van der Waals surface area contributed by atoms with Crippen molar-refractivity contribution in [2.45, 2.75) is 16.1 Å². The second-order valence-corrected chi connectivity index (χ2v) is 18.2. The van der Waals surface area contributed by atoms with Crippen molar-refractivity contribution in [3.63, 3.8) is 0 Å². The van der Waals surface area contributed by atoms with Crippen molar-refractivity contribution in [3.8, 4) is 67.3 Å². The van der Waals surface area contributed by atoms with Crippen molar-refractivity contribution in [2.24, 2.45) is 0 Å². The first-order valence-corrected chi connectivity index (χ1v) is 22.8. The molecule has 1 aliphatic heterocycles. The molecule has 0 bridgehead atoms. The monoisotopic (exact) mass is 826 g/mol. The van der Waals surface area contributed by atoms with Gasteiger partial charge in [-0.3, -0.25) is 0 Å². The number of thioether (sulfide) groups is 1. The maximum Gasteiger partial charge on any atom is 0.160 e. The molecule has 10 aromatic rings. The Balaban J connectivity index is 1.04. The van der Waals surface area contributed by atoms with E-state index in [0.29, 0.717) is 11.1 Å². The third-order valence-corrected chi connectivity index (χ3v) is 15.0. The molecule has 0 amide bonds. The Morgan fingerprint density at radius 3 is 1.82 bits per heavy atom. The number of nitrogens with zero attached hydrogens (tertiary/aromatic N) is 2. The van der Waals surface area contributed by atoms with Crippen LogP contribution in [0.2, 0.25) is 0 Å². The van der Waals surface area contributed by atoms with E-state index in [1.807, 2.05) is 47.4 Å². The molecular weight excluding hydrogens is 789 g/mol. The predicted octanol–water partition coefficient (Wildman–Crippen LogP) is 16.1. The summed E-state index contributed by atoms with van der Waals surface area (Å²) in [6, 6.07) is 72.0. The van der Waals surface area contributed by atoms with Crippen molar-refractivity contribution in [2.75, 3.05) is 0 Å². The lowest BCUT2D eigenvalue weighted by atomic mass is 9.84. The molecule has 12 rings (SSSR count). The molecule has 0 fully saturated rings. The normalized spacial score (nSPS) is 15.4. The van der Waals surface area contributed by atoms with Crippen LogP contribution in [0.4, 0.5) is 0 Å². The number of thiophene rings is 1. The van der Waals surface area contributed by atoms with E-state index in [-0.39, 0.29) is 5.92 Å². The zero-order valence-electron chi connectivity index (χ0n) is 33.7. The molecule has 3 heterocycles. The molecule has 292 valence electrons. The van der Waals surface area contributed by atoms with E-state index in [9.17, 15) is 0 Å². The minimum Gasteiger partial charge on any atom is -0.228 e. The first-order valence-electron chi connectivity index (χ1n) is 21.1. The van der Waals surface area contributed by atoms with Crippen LogP contribution in [-0.4, -0.2) is 15.2 Å². The van der Waals surface area contributed by atoms with Crippen LogP contribution in [-0.2, 0) is 0 Å². The number of fused-ring (bicyclic) bond motifs is 6. The third kappa shape index (κ3) is 6.42. The molecular formula is C58H38N2S2. The fourth-order valence-electron chi connectivity index (χ4n) is 9.32. The minimum atomic E-state index is 0.199. The van der Waals surface area contributed by atoms with Gasteiger partial charge in [0.1, 0.15) is 0 Å². The fraction of sp³-hybridized carbons (Fsp3) is 0.0345. The number of benzene rings is 8. The molecule has 8 aromatic carbocycles. The number of rotatable bonds is 7. The van der Waals surface area contributed by atoms with E-state index >= 15 is 0 Å². The van der Waals surface area contributed by atoms with E-state index in [2.05, 4.69) is 194 Å². The van der Waals surface area contributed by atoms with Gasteiger partial charge in [0.05, 0.1) is 11.4 Å². The van der Waals surface area contributed by atoms with Crippen molar-refractivity contribution < 1.29 is 0 Å². The zero-order valence-corrected chi connectivity index (χ0v) is 35.3. The van der Waals surface area contributed by atoms with E-state index in [4.69, 9.17) is 9.97 Å². The number of hydrogen-bond donors (Lipinski definition) is 0. The highest BCUT2D eigenvalue weighted by Crippen LogP contribution is 2.57. The molecule has 2 nitrogen and oxygen atoms in total. The van der Waals surface area contributed by atoms with Gasteiger partial charge in [-0.25, -0.2) is 9.97 Å². The van der Waals surface area contributed by atoms with Crippen LogP contribution in [0.25, 0.3) is 93.7 Å². The lowest BCUT2D eigenvalue weighted by Gasteiger charge is -2.25. The molecule has 0 saturated heterocycles. The van der Waals surface area contributed by atoms with Gasteiger partial charge in [-0.15, -0.1) is 23.1 Å². The van der Waals surface area contributed by atoms with Crippen molar-refractivity contribution >= 4 is 49.5 Å². The van der Waals surface area contributed by atoms with Gasteiger partial charge in [-0.05, 0) is 74.5 Å². The number of allylic oxidation sites excluding steroid dienone is 3. The van der Waals surface area contributed by atoms with Gasteiger partial charge in [0.15, 0.2) is 5.82 Å². The Bertz CT molecular complexity index is 3330. The molecule has 2 aliphatic rings. The van der Waals surface area contributed by atoms with Crippen LogP contribution >= 0.6 is 23.1 Å². The first kappa shape index (κ1) is 36.7. The number of hydrogen-bond acceptors (Lipinski definition) is 4. The van der Waals surface area contributed by atoms with Gasteiger partial charge in [0.2, 0.25) is 0 Å². The maximum absolute atomic E-state index is 5.17. The van der Waals surface area contributed by atoms with Gasteiger partial charge in [0, 0.05) is 58.8 Å². The van der Waals surface area contributed by atoms with E-state index in [1.165, 1.54) is 69.6 Å². The molecule has 4 heteroatoms. The lowest BCUT2D eigenvalue weighted by molar-refractivity contribution is 0.915. The first-order chi connectivity index (χ1) is 30.7. The van der Waals surface area contributed by atoms with Gasteiger partial charge < -0.3 is 0 Å². The summed E-state index contributed by atoms with van der Waals surface area (Å²) in [5.41, 5.74) is 15.1. The van der Waals surface area contributed by atoms with Crippen LogP contribution in [0.1, 0.15) is 16.4 Å². The Kier molecular flexibility index (Phi) is 9.13. The minimum absolute atomic E-state index is 0.199. The topological polar surface area (TPSA) is 25.8 Å². The summed E-state index contributed by atoms with van der Waals surface area (Å²) in [6.07, 6.45) is 7.09. The molecule has 0 N–H and O–H groups in total. The lowest BCUT2D eigenvalue weighted by Crippen LogP contribution is -2.14. The molecule has 1 aliphatic carbocycles. The summed E-state index contributed by atoms with van der Waals surface area (Å²) in [5, 5.41) is 4.17. The highest BCUT2D eigenvalue weighted by atomic mass is 32.2. The van der Waals surface area contributed by atoms with Crippen LogP contribution in [0.3, 0.4) is 0 Å². The highest BCUT2D eigenvalue weighted by Gasteiger charge is 2.37.